The molecule has 1 heterocycles. The number of hydrogen-bond acceptors (Lipinski definition) is 4. The molecule has 0 bridgehead atoms. The zero-order valence-electron chi connectivity index (χ0n) is 13.7. The lowest BCUT2D eigenvalue weighted by Crippen LogP contribution is -2.47. The number of nitrogens with zero attached hydrogens (tertiary/aromatic N) is 1. The summed E-state index contributed by atoms with van der Waals surface area (Å²) in [5.41, 5.74) is -0.438. The Labute approximate surface area is 123 Å². The summed E-state index contributed by atoms with van der Waals surface area (Å²) in [6, 6.07) is 0.726. The minimum Gasteiger partial charge on any atom is -0.444 e. The second-order valence-corrected chi connectivity index (χ2v) is 6.75. The monoisotopic (exact) mass is 285 g/mol. The van der Waals surface area contributed by atoms with Crippen molar-refractivity contribution in [1.29, 1.82) is 0 Å². The topological polar surface area (TPSA) is 53.6 Å². The van der Waals surface area contributed by atoms with Gasteiger partial charge < -0.3 is 20.3 Å². The number of piperidine rings is 1. The van der Waals surface area contributed by atoms with E-state index in [9.17, 15) is 4.79 Å². The van der Waals surface area contributed by atoms with Crippen LogP contribution in [0, 0.1) is 0 Å². The largest absolute Gasteiger partial charge is 0.444 e. The van der Waals surface area contributed by atoms with Crippen molar-refractivity contribution >= 4 is 6.09 Å². The van der Waals surface area contributed by atoms with E-state index in [2.05, 4.69) is 10.6 Å². The highest BCUT2D eigenvalue weighted by Crippen LogP contribution is 2.11. The maximum absolute atomic E-state index is 12.1. The quantitative estimate of drug-likeness (QED) is 0.811. The molecule has 0 aromatic rings. The van der Waals surface area contributed by atoms with Crippen molar-refractivity contribution in [3.63, 3.8) is 0 Å². The number of rotatable bonds is 5. The molecule has 0 aliphatic carbocycles. The first-order valence-corrected chi connectivity index (χ1v) is 7.73. The van der Waals surface area contributed by atoms with Gasteiger partial charge in [0.15, 0.2) is 0 Å². The van der Waals surface area contributed by atoms with Crippen LogP contribution in [0.4, 0.5) is 4.79 Å². The highest BCUT2D eigenvalue weighted by atomic mass is 16.6. The molecular weight excluding hydrogens is 254 g/mol. The first kappa shape index (κ1) is 17.2. The smallest absolute Gasteiger partial charge is 0.410 e. The number of ether oxygens (including phenoxy) is 1. The Bertz CT molecular complexity index is 294. The van der Waals surface area contributed by atoms with Gasteiger partial charge in [-0.3, -0.25) is 0 Å². The summed E-state index contributed by atoms with van der Waals surface area (Å²) in [6.45, 7) is 13.4. The number of nitrogens with one attached hydrogen (secondary N) is 2. The molecule has 1 rings (SSSR count). The molecule has 0 spiro atoms. The van der Waals surface area contributed by atoms with E-state index in [0.717, 1.165) is 32.5 Å². The van der Waals surface area contributed by atoms with Crippen LogP contribution >= 0.6 is 0 Å². The summed E-state index contributed by atoms with van der Waals surface area (Å²) in [7, 11) is 0. The van der Waals surface area contributed by atoms with E-state index < -0.39 is 5.60 Å². The van der Waals surface area contributed by atoms with Crippen LogP contribution in [0.1, 0.15) is 47.5 Å². The molecule has 2 N–H and O–H groups in total. The fourth-order valence-electron chi connectivity index (χ4n) is 2.30. The molecular formula is C15H31N3O2. The van der Waals surface area contributed by atoms with Crippen molar-refractivity contribution in [2.75, 3.05) is 26.2 Å². The zero-order chi connectivity index (χ0) is 15.2. The second kappa shape index (κ2) is 7.84. The van der Waals surface area contributed by atoms with E-state index in [1.807, 2.05) is 34.6 Å². The van der Waals surface area contributed by atoms with Gasteiger partial charge in [-0.2, -0.15) is 0 Å². The van der Waals surface area contributed by atoms with Crippen molar-refractivity contribution in [2.24, 2.45) is 0 Å². The van der Waals surface area contributed by atoms with Crippen LogP contribution in [0.3, 0.4) is 0 Å². The van der Waals surface area contributed by atoms with Crippen LogP contribution in [-0.4, -0.2) is 54.9 Å². The van der Waals surface area contributed by atoms with Gasteiger partial charge in [0.05, 0.1) is 0 Å². The third-order valence-electron chi connectivity index (χ3n) is 3.38. The molecule has 0 unspecified atom stereocenters. The Morgan fingerprint density at radius 2 is 1.95 bits per heavy atom. The molecule has 1 aliphatic rings. The Morgan fingerprint density at radius 1 is 1.35 bits per heavy atom. The van der Waals surface area contributed by atoms with E-state index in [0.29, 0.717) is 12.6 Å². The average molecular weight is 285 g/mol. The molecule has 118 valence electrons. The average Bonchev–Trinajstić information content (AvgIpc) is 2.33. The van der Waals surface area contributed by atoms with Gasteiger partial charge in [-0.05, 0) is 60.5 Å². The van der Waals surface area contributed by atoms with Crippen molar-refractivity contribution in [3.05, 3.63) is 0 Å². The minimum atomic E-state index is -0.438. The Hall–Kier alpha value is -0.810. The van der Waals surface area contributed by atoms with E-state index in [-0.39, 0.29) is 12.1 Å². The lowest BCUT2D eigenvalue weighted by Gasteiger charge is -2.31. The summed E-state index contributed by atoms with van der Waals surface area (Å²) in [5.74, 6) is 0. The van der Waals surface area contributed by atoms with Crippen molar-refractivity contribution < 1.29 is 9.53 Å². The molecule has 5 heteroatoms. The lowest BCUT2D eigenvalue weighted by molar-refractivity contribution is 0.0191. The lowest BCUT2D eigenvalue weighted by atomic mass is 10.1. The molecule has 1 fully saturated rings. The summed E-state index contributed by atoms with van der Waals surface area (Å²) in [4.78, 5) is 13.9. The molecule has 0 radical (unpaired) electrons. The Balaban J connectivity index is 2.36. The van der Waals surface area contributed by atoms with Gasteiger partial charge in [-0.25, -0.2) is 4.79 Å². The van der Waals surface area contributed by atoms with Crippen LogP contribution < -0.4 is 10.6 Å². The highest BCUT2D eigenvalue weighted by molar-refractivity contribution is 5.68. The van der Waals surface area contributed by atoms with Crippen LogP contribution in [0.5, 0.6) is 0 Å². The normalized spacial score (nSPS) is 17.3. The van der Waals surface area contributed by atoms with E-state index in [1.54, 1.807) is 4.90 Å². The molecule has 0 saturated carbocycles. The van der Waals surface area contributed by atoms with Gasteiger partial charge >= 0.3 is 6.09 Å². The molecule has 0 aromatic carbocycles. The van der Waals surface area contributed by atoms with Gasteiger partial charge in [0, 0.05) is 25.2 Å². The summed E-state index contributed by atoms with van der Waals surface area (Å²) >= 11 is 0. The molecule has 20 heavy (non-hydrogen) atoms. The summed E-state index contributed by atoms with van der Waals surface area (Å²) < 4.78 is 5.45. The molecule has 1 saturated heterocycles. The number of carbonyl (C=O) groups excluding carboxylic acids is 1. The van der Waals surface area contributed by atoms with Crippen molar-refractivity contribution in [3.8, 4) is 0 Å². The first-order valence-electron chi connectivity index (χ1n) is 7.73. The molecule has 0 aromatic heterocycles. The number of carbonyl (C=O) groups is 1. The van der Waals surface area contributed by atoms with Gasteiger partial charge in [0.25, 0.3) is 0 Å². The molecule has 1 aliphatic heterocycles. The van der Waals surface area contributed by atoms with Gasteiger partial charge in [-0.1, -0.05) is 0 Å². The standard InChI is InChI=1S/C15H31N3O2/c1-12(2)18(14(19)20-15(3,4)5)11-10-17-13-6-8-16-9-7-13/h12-13,16-17H,6-11H2,1-5H3. The van der Waals surface area contributed by atoms with E-state index >= 15 is 0 Å². The van der Waals surface area contributed by atoms with E-state index in [1.165, 1.54) is 0 Å². The zero-order valence-corrected chi connectivity index (χ0v) is 13.7. The van der Waals surface area contributed by atoms with Gasteiger partial charge in [-0.15, -0.1) is 0 Å². The third kappa shape index (κ3) is 6.57. The predicted molar refractivity (Wildman–Crippen MR) is 82.0 cm³/mol. The fourth-order valence-corrected chi connectivity index (χ4v) is 2.30. The van der Waals surface area contributed by atoms with Crippen LogP contribution in [0.15, 0.2) is 0 Å². The van der Waals surface area contributed by atoms with E-state index in [4.69, 9.17) is 4.74 Å². The third-order valence-corrected chi connectivity index (χ3v) is 3.38. The number of hydrogen-bond donors (Lipinski definition) is 2. The molecule has 5 nitrogen and oxygen atoms in total. The Morgan fingerprint density at radius 3 is 2.45 bits per heavy atom. The SMILES string of the molecule is CC(C)N(CCNC1CCNCC1)C(=O)OC(C)(C)C. The van der Waals surface area contributed by atoms with Gasteiger partial charge in [0.1, 0.15) is 5.60 Å². The fraction of sp³-hybridized carbons (Fsp3) is 0.933. The maximum atomic E-state index is 12.1. The van der Waals surface area contributed by atoms with Crippen molar-refractivity contribution in [1.82, 2.24) is 15.5 Å². The predicted octanol–water partition coefficient (Wildman–Crippen LogP) is 1.97. The van der Waals surface area contributed by atoms with Gasteiger partial charge in [0.2, 0.25) is 0 Å². The molecule has 0 atom stereocenters. The number of amides is 1. The van der Waals surface area contributed by atoms with Crippen molar-refractivity contribution in [2.45, 2.75) is 65.1 Å². The summed E-state index contributed by atoms with van der Waals surface area (Å²) in [6.07, 6.45) is 2.10. The highest BCUT2D eigenvalue weighted by Gasteiger charge is 2.24. The first-order chi connectivity index (χ1) is 9.29. The minimum absolute atomic E-state index is 0.152. The van der Waals surface area contributed by atoms with Crippen LogP contribution in [-0.2, 0) is 4.74 Å². The second-order valence-electron chi connectivity index (χ2n) is 6.75. The molecule has 1 amide bonds. The van der Waals surface area contributed by atoms with Crippen LogP contribution in [0.2, 0.25) is 0 Å². The maximum Gasteiger partial charge on any atom is 0.410 e. The van der Waals surface area contributed by atoms with Crippen LogP contribution in [0.25, 0.3) is 0 Å². The Kier molecular flexibility index (Phi) is 6.76. The summed E-state index contributed by atoms with van der Waals surface area (Å²) in [5, 5.41) is 6.89.